The van der Waals surface area contributed by atoms with Crippen molar-refractivity contribution in [3.05, 3.63) is 0 Å². The molecule has 1 aliphatic rings. The van der Waals surface area contributed by atoms with E-state index >= 15 is 0 Å². The van der Waals surface area contributed by atoms with E-state index in [1.807, 2.05) is 25.7 Å². The molecule has 0 bridgehead atoms. The predicted molar refractivity (Wildman–Crippen MR) is 45.1 cm³/mol. The average molecular weight is 177 g/mol. The van der Waals surface area contributed by atoms with Crippen molar-refractivity contribution in [2.24, 2.45) is 0 Å². The molecule has 11 heavy (non-hydrogen) atoms. The summed E-state index contributed by atoms with van der Waals surface area (Å²) in [4.78, 5) is 1.99. The molecule has 0 spiro atoms. The van der Waals surface area contributed by atoms with Gasteiger partial charge in [-0.05, 0) is 20.8 Å². The van der Waals surface area contributed by atoms with Crippen molar-refractivity contribution in [2.75, 3.05) is 18.2 Å². The summed E-state index contributed by atoms with van der Waals surface area (Å²) in [6, 6.07) is 0. The molecule has 0 aromatic carbocycles. The van der Waals surface area contributed by atoms with Gasteiger partial charge in [-0.1, -0.05) is 0 Å². The minimum Gasteiger partial charge on any atom is -0.284 e. The molecular weight excluding hydrogens is 162 g/mol. The first-order chi connectivity index (χ1) is 4.81. The monoisotopic (exact) mass is 177 g/mol. The lowest BCUT2D eigenvalue weighted by molar-refractivity contribution is 0.185. The molecule has 1 fully saturated rings. The molecule has 0 aliphatic carbocycles. The molecule has 0 aromatic heterocycles. The van der Waals surface area contributed by atoms with Gasteiger partial charge in [-0.3, -0.25) is 4.90 Å². The maximum Gasteiger partial charge on any atom is 0.164 e. The Morgan fingerprint density at radius 1 is 1.27 bits per heavy atom. The second kappa shape index (κ2) is 2.45. The average Bonchev–Trinajstić information content (AvgIpc) is 2.07. The SMILES string of the molecule is CC(C)(C)N1CCS(=O)(=O)C1. The van der Waals surface area contributed by atoms with Crippen LogP contribution in [-0.2, 0) is 9.84 Å². The molecule has 0 N–H and O–H groups in total. The molecule has 0 radical (unpaired) electrons. The van der Waals surface area contributed by atoms with Crippen LogP contribution in [0.2, 0.25) is 0 Å². The second-order valence-electron chi connectivity index (χ2n) is 4.01. The Hall–Kier alpha value is -0.0900. The summed E-state index contributed by atoms with van der Waals surface area (Å²) < 4.78 is 22.1. The van der Waals surface area contributed by atoms with Gasteiger partial charge in [0.15, 0.2) is 9.84 Å². The zero-order chi connectivity index (χ0) is 8.70. The molecule has 1 saturated heterocycles. The summed E-state index contributed by atoms with van der Waals surface area (Å²) in [5.41, 5.74) is -0.0103. The Balaban J connectivity index is 2.70. The Kier molecular flexibility index (Phi) is 2.01. The topological polar surface area (TPSA) is 37.4 Å². The van der Waals surface area contributed by atoms with E-state index in [4.69, 9.17) is 0 Å². The zero-order valence-electron chi connectivity index (χ0n) is 7.29. The number of sulfone groups is 1. The number of rotatable bonds is 0. The van der Waals surface area contributed by atoms with Crippen molar-refractivity contribution in [3.8, 4) is 0 Å². The molecular formula is C7H15NO2S. The third-order valence-electron chi connectivity index (χ3n) is 1.97. The molecule has 3 nitrogen and oxygen atoms in total. The van der Waals surface area contributed by atoms with Crippen LogP contribution in [0.3, 0.4) is 0 Å². The maximum atomic E-state index is 11.0. The Labute approximate surface area is 68.3 Å². The molecule has 1 heterocycles. The van der Waals surface area contributed by atoms with Crippen molar-refractivity contribution in [3.63, 3.8) is 0 Å². The molecule has 4 heteroatoms. The van der Waals surface area contributed by atoms with E-state index in [0.717, 1.165) is 0 Å². The minimum absolute atomic E-state index is 0.0103. The summed E-state index contributed by atoms with van der Waals surface area (Å²) in [6.07, 6.45) is 0. The Morgan fingerprint density at radius 3 is 2.00 bits per heavy atom. The van der Waals surface area contributed by atoms with Gasteiger partial charge in [0.1, 0.15) is 5.88 Å². The highest BCUT2D eigenvalue weighted by Gasteiger charge is 2.32. The van der Waals surface area contributed by atoms with Crippen molar-refractivity contribution >= 4 is 9.84 Å². The summed E-state index contributed by atoms with van der Waals surface area (Å²) in [5.74, 6) is 0.556. The zero-order valence-corrected chi connectivity index (χ0v) is 8.11. The first kappa shape index (κ1) is 9.00. The minimum atomic E-state index is -2.75. The van der Waals surface area contributed by atoms with E-state index in [-0.39, 0.29) is 11.4 Å². The molecule has 0 saturated carbocycles. The van der Waals surface area contributed by atoms with Gasteiger partial charge in [-0.25, -0.2) is 8.42 Å². The van der Waals surface area contributed by atoms with Crippen LogP contribution in [-0.4, -0.2) is 37.0 Å². The third-order valence-corrected chi connectivity index (χ3v) is 3.48. The Morgan fingerprint density at radius 2 is 1.82 bits per heavy atom. The lowest BCUT2D eigenvalue weighted by atomic mass is 10.1. The smallest absolute Gasteiger partial charge is 0.164 e. The summed E-state index contributed by atoms with van der Waals surface area (Å²) in [6.45, 7) is 6.79. The van der Waals surface area contributed by atoms with Crippen LogP contribution < -0.4 is 0 Å². The van der Waals surface area contributed by atoms with E-state index in [9.17, 15) is 8.42 Å². The Bertz CT molecular complexity index is 238. The van der Waals surface area contributed by atoms with E-state index < -0.39 is 9.84 Å². The van der Waals surface area contributed by atoms with Crippen LogP contribution in [0, 0.1) is 0 Å². The first-order valence-corrected chi connectivity index (χ1v) is 5.59. The van der Waals surface area contributed by atoms with Gasteiger partial charge in [0.25, 0.3) is 0 Å². The van der Waals surface area contributed by atoms with Crippen molar-refractivity contribution in [1.29, 1.82) is 0 Å². The molecule has 66 valence electrons. The van der Waals surface area contributed by atoms with E-state index in [1.165, 1.54) is 0 Å². The highest BCUT2D eigenvalue weighted by Crippen LogP contribution is 2.19. The van der Waals surface area contributed by atoms with Gasteiger partial charge >= 0.3 is 0 Å². The van der Waals surface area contributed by atoms with Crippen LogP contribution in [0.15, 0.2) is 0 Å². The lowest BCUT2D eigenvalue weighted by Crippen LogP contribution is -2.39. The largest absolute Gasteiger partial charge is 0.284 e. The number of nitrogens with zero attached hydrogens (tertiary/aromatic N) is 1. The van der Waals surface area contributed by atoms with Gasteiger partial charge in [0.05, 0.1) is 5.75 Å². The fourth-order valence-corrected chi connectivity index (χ4v) is 2.76. The van der Waals surface area contributed by atoms with Gasteiger partial charge in [-0.15, -0.1) is 0 Å². The normalized spacial score (nSPS) is 25.7. The molecule has 1 aliphatic heterocycles. The molecule has 0 amide bonds. The highest BCUT2D eigenvalue weighted by atomic mass is 32.2. The number of hydrogen-bond acceptors (Lipinski definition) is 3. The van der Waals surface area contributed by atoms with Gasteiger partial charge in [-0.2, -0.15) is 0 Å². The summed E-state index contributed by atoms with van der Waals surface area (Å²) in [5, 5.41) is 0. The highest BCUT2D eigenvalue weighted by molar-refractivity contribution is 7.91. The fraction of sp³-hybridized carbons (Fsp3) is 1.00. The van der Waals surface area contributed by atoms with Crippen molar-refractivity contribution in [2.45, 2.75) is 26.3 Å². The first-order valence-electron chi connectivity index (χ1n) is 3.77. The molecule has 0 aromatic rings. The van der Waals surface area contributed by atoms with Crippen LogP contribution in [0.25, 0.3) is 0 Å². The quantitative estimate of drug-likeness (QED) is 0.540. The van der Waals surface area contributed by atoms with Crippen LogP contribution in [0.5, 0.6) is 0 Å². The summed E-state index contributed by atoms with van der Waals surface area (Å²) >= 11 is 0. The molecule has 0 unspecified atom stereocenters. The van der Waals surface area contributed by atoms with E-state index in [1.54, 1.807) is 0 Å². The molecule has 0 atom stereocenters. The maximum absolute atomic E-state index is 11.0. The van der Waals surface area contributed by atoms with Gasteiger partial charge in [0.2, 0.25) is 0 Å². The van der Waals surface area contributed by atoms with Gasteiger partial charge in [0, 0.05) is 12.1 Å². The van der Waals surface area contributed by atoms with Crippen molar-refractivity contribution < 1.29 is 8.42 Å². The van der Waals surface area contributed by atoms with Gasteiger partial charge < -0.3 is 0 Å². The van der Waals surface area contributed by atoms with Crippen molar-refractivity contribution in [1.82, 2.24) is 4.90 Å². The van der Waals surface area contributed by atoms with E-state index in [0.29, 0.717) is 12.3 Å². The predicted octanol–water partition coefficient (Wildman–Crippen LogP) is 0.473. The molecule has 1 rings (SSSR count). The number of hydrogen-bond donors (Lipinski definition) is 0. The fourth-order valence-electron chi connectivity index (χ4n) is 1.14. The standard InChI is InChI=1S/C7H15NO2S/c1-7(2,3)8-4-5-11(9,10)6-8/h4-6H2,1-3H3. The van der Waals surface area contributed by atoms with Crippen LogP contribution in [0.4, 0.5) is 0 Å². The van der Waals surface area contributed by atoms with E-state index in [2.05, 4.69) is 0 Å². The van der Waals surface area contributed by atoms with Crippen LogP contribution >= 0.6 is 0 Å². The van der Waals surface area contributed by atoms with Crippen LogP contribution in [0.1, 0.15) is 20.8 Å². The third kappa shape index (κ3) is 2.17. The lowest BCUT2D eigenvalue weighted by Gasteiger charge is -2.29. The second-order valence-corrected chi connectivity index (χ2v) is 6.16. The summed E-state index contributed by atoms with van der Waals surface area (Å²) in [7, 11) is -2.75.